The number of alkyl halides is 2. The smallest absolute Gasteiger partial charge is 0.303 e. The maximum atomic E-state index is 13.9. The monoisotopic (exact) mass is 442 g/mol. The number of rotatable bonds is 6. The lowest BCUT2D eigenvalue weighted by Crippen LogP contribution is -2.23. The summed E-state index contributed by atoms with van der Waals surface area (Å²) >= 11 is 6.15. The number of hydrogen-bond donors (Lipinski definition) is 0. The highest BCUT2D eigenvalue weighted by molar-refractivity contribution is 6.30. The Kier molecular flexibility index (Phi) is 5.58. The lowest BCUT2D eigenvalue weighted by molar-refractivity contribution is 0.00747. The lowest BCUT2D eigenvalue weighted by Gasteiger charge is -2.20. The SMILES string of the molecule is CCN(Cc1ccccc1)c1nn(-c2cc(C)nc(C(C)(F)F)n2)c2cc(Cl)ncc12. The van der Waals surface area contributed by atoms with Crippen molar-refractivity contribution in [1.82, 2.24) is 24.7 Å². The molecular formula is C22H21ClF2N6. The van der Waals surface area contributed by atoms with Crippen molar-refractivity contribution in [2.45, 2.75) is 33.2 Å². The number of benzene rings is 1. The Bertz CT molecular complexity index is 1220. The van der Waals surface area contributed by atoms with Crippen LogP contribution in [0, 0.1) is 6.92 Å². The first kappa shape index (κ1) is 21.1. The van der Waals surface area contributed by atoms with Crippen LogP contribution in [0.25, 0.3) is 16.7 Å². The minimum absolute atomic E-state index is 0.248. The molecule has 0 aliphatic rings. The van der Waals surface area contributed by atoms with E-state index in [0.29, 0.717) is 30.1 Å². The highest BCUT2D eigenvalue weighted by Crippen LogP contribution is 2.31. The van der Waals surface area contributed by atoms with Gasteiger partial charge in [-0.25, -0.2) is 19.6 Å². The van der Waals surface area contributed by atoms with Gasteiger partial charge in [-0.2, -0.15) is 8.78 Å². The minimum Gasteiger partial charge on any atom is -0.351 e. The summed E-state index contributed by atoms with van der Waals surface area (Å²) in [5, 5.41) is 5.77. The van der Waals surface area contributed by atoms with Gasteiger partial charge in [0, 0.05) is 44.0 Å². The van der Waals surface area contributed by atoms with Crippen molar-refractivity contribution < 1.29 is 8.78 Å². The Morgan fingerprint density at radius 2 is 1.87 bits per heavy atom. The van der Waals surface area contributed by atoms with Crippen LogP contribution >= 0.6 is 11.6 Å². The van der Waals surface area contributed by atoms with Crippen LogP contribution in [0.3, 0.4) is 0 Å². The Hall–Kier alpha value is -3.13. The fraction of sp³-hybridized carbons (Fsp3) is 0.273. The molecular weight excluding hydrogens is 422 g/mol. The molecule has 0 unspecified atom stereocenters. The third-order valence-corrected chi connectivity index (χ3v) is 5.07. The van der Waals surface area contributed by atoms with Gasteiger partial charge < -0.3 is 4.90 Å². The van der Waals surface area contributed by atoms with E-state index in [9.17, 15) is 8.78 Å². The Morgan fingerprint density at radius 3 is 2.55 bits per heavy atom. The molecule has 0 aliphatic heterocycles. The fourth-order valence-corrected chi connectivity index (χ4v) is 3.53. The van der Waals surface area contributed by atoms with Gasteiger partial charge in [0.15, 0.2) is 11.6 Å². The molecule has 160 valence electrons. The molecule has 0 saturated carbocycles. The Labute approximate surface area is 183 Å². The van der Waals surface area contributed by atoms with Crippen molar-refractivity contribution in [3.8, 4) is 5.82 Å². The van der Waals surface area contributed by atoms with E-state index in [1.165, 1.54) is 4.68 Å². The van der Waals surface area contributed by atoms with E-state index in [2.05, 4.69) is 19.9 Å². The fourth-order valence-electron chi connectivity index (χ4n) is 3.38. The largest absolute Gasteiger partial charge is 0.351 e. The van der Waals surface area contributed by atoms with Crippen LogP contribution in [0.15, 0.2) is 48.7 Å². The second-order valence-electron chi connectivity index (χ2n) is 7.34. The van der Waals surface area contributed by atoms with Crippen LogP contribution in [-0.4, -0.2) is 31.3 Å². The number of aromatic nitrogens is 5. The zero-order chi connectivity index (χ0) is 22.2. The Balaban J connectivity index is 1.88. The zero-order valence-corrected chi connectivity index (χ0v) is 18.1. The number of pyridine rings is 1. The summed E-state index contributed by atoms with van der Waals surface area (Å²) in [5.74, 6) is -2.80. The average Bonchev–Trinajstić information content (AvgIpc) is 3.10. The summed E-state index contributed by atoms with van der Waals surface area (Å²) in [6, 6.07) is 13.3. The van der Waals surface area contributed by atoms with Crippen molar-refractivity contribution in [3.63, 3.8) is 0 Å². The second-order valence-corrected chi connectivity index (χ2v) is 7.73. The van der Waals surface area contributed by atoms with Crippen molar-refractivity contribution >= 4 is 28.3 Å². The van der Waals surface area contributed by atoms with E-state index in [1.54, 1.807) is 25.3 Å². The maximum Gasteiger partial charge on any atom is 0.303 e. The molecule has 31 heavy (non-hydrogen) atoms. The topological polar surface area (TPSA) is 59.7 Å². The molecule has 0 amide bonds. The number of nitrogens with zero attached hydrogens (tertiary/aromatic N) is 6. The molecule has 0 saturated heterocycles. The van der Waals surface area contributed by atoms with Gasteiger partial charge in [-0.3, -0.25) is 0 Å². The summed E-state index contributed by atoms with van der Waals surface area (Å²) in [7, 11) is 0. The van der Waals surface area contributed by atoms with E-state index < -0.39 is 11.7 Å². The standard InChI is InChI=1S/C22H21ClF2N6/c1-4-30(13-15-8-6-5-7-9-15)20-16-12-26-18(23)11-17(16)31(29-20)19-10-14(2)27-21(28-19)22(3,24)25/h5-12H,4,13H2,1-3H3. The molecule has 0 radical (unpaired) electrons. The predicted molar refractivity (Wildman–Crippen MR) is 117 cm³/mol. The first-order chi connectivity index (χ1) is 14.8. The van der Waals surface area contributed by atoms with Crippen LogP contribution in [0.5, 0.6) is 0 Å². The molecule has 0 spiro atoms. The van der Waals surface area contributed by atoms with E-state index in [0.717, 1.165) is 17.9 Å². The zero-order valence-electron chi connectivity index (χ0n) is 17.4. The summed E-state index contributed by atoms with van der Waals surface area (Å²) in [5.41, 5.74) is 2.17. The second kappa shape index (κ2) is 8.19. The summed E-state index contributed by atoms with van der Waals surface area (Å²) in [6.45, 7) is 5.77. The molecule has 0 fully saturated rings. The van der Waals surface area contributed by atoms with Crippen LogP contribution < -0.4 is 4.90 Å². The molecule has 9 heteroatoms. The normalized spacial score (nSPS) is 11.8. The summed E-state index contributed by atoms with van der Waals surface area (Å²) in [6.07, 6.45) is 1.65. The molecule has 0 N–H and O–H groups in total. The molecule has 4 aromatic rings. The minimum atomic E-state index is -3.17. The molecule has 0 aliphatic carbocycles. The summed E-state index contributed by atoms with van der Waals surface area (Å²) < 4.78 is 29.4. The predicted octanol–water partition coefficient (Wildman–Crippen LogP) is 5.31. The number of halogens is 3. The van der Waals surface area contributed by atoms with E-state index >= 15 is 0 Å². The van der Waals surface area contributed by atoms with Crippen LogP contribution in [0.4, 0.5) is 14.6 Å². The average molecular weight is 443 g/mol. The highest BCUT2D eigenvalue weighted by Gasteiger charge is 2.29. The van der Waals surface area contributed by atoms with Gasteiger partial charge in [-0.1, -0.05) is 41.9 Å². The first-order valence-electron chi connectivity index (χ1n) is 9.83. The molecule has 0 bridgehead atoms. The number of aryl methyl sites for hydroxylation is 1. The molecule has 4 rings (SSSR count). The van der Waals surface area contributed by atoms with Gasteiger partial charge in [0.25, 0.3) is 0 Å². The van der Waals surface area contributed by atoms with E-state index in [4.69, 9.17) is 16.7 Å². The Morgan fingerprint density at radius 1 is 1.13 bits per heavy atom. The number of anilines is 1. The molecule has 6 nitrogen and oxygen atoms in total. The van der Waals surface area contributed by atoms with Gasteiger partial charge in [0.1, 0.15) is 5.15 Å². The number of hydrogen-bond acceptors (Lipinski definition) is 5. The maximum absolute atomic E-state index is 13.9. The van der Waals surface area contributed by atoms with Gasteiger partial charge in [-0.15, -0.1) is 5.10 Å². The van der Waals surface area contributed by atoms with Gasteiger partial charge in [0.2, 0.25) is 5.82 Å². The highest BCUT2D eigenvalue weighted by atomic mass is 35.5. The van der Waals surface area contributed by atoms with Crippen LogP contribution in [0.2, 0.25) is 5.15 Å². The van der Waals surface area contributed by atoms with E-state index in [-0.39, 0.29) is 11.0 Å². The molecule has 3 heterocycles. The molecule has 3 aromatic heterocycles. The van der Waals surface area contributed by atoms with Gasteiger partial charge in [-0.05, 0) is 19.4 Å². The molecule has 0 atom stereocenters. The first-order valence-corrected chi connectivity index (χ1v) is 10.2. The van der Waals surface area contributed by atoms with Crippen molar-refractivity contribution in [2.75, 3.05) is 11.4 Å². The molecule has 1 aromatic carbocycles. The van der Waals surface area contributed by atoms with Crippen LogP contribution in [-0.2, 0) is 12.5 Å². The third kappa shape index (κ3) is 4.34. The van der Waals surface area contributed by atoms with Crippen molar-refractivity contribution in [1.29, 1.82) is 0 Å². The van der Waals surface area contributed by atoms with Gasteiger partial charge >= 0.3 is 5.92 Å². The quantitative estimate of drug-likeness (QED) is 0.379. The van der Waals surface area contributed by atoms with E-state index in [1.807, 2.05) is 37.3 Å². The lowest BCUT2D eigenvalue weighted by atomic mass is 10.2. The van der Waals surface area contributed by atoms with Crippen molar-refractivity contribution in [3.05, 3.63) is 70.9 Å². The summed E-state index contributed by atoms with van der Waals surface area (Å²) in [4.78, 5) is 14.3. The number of fused-ring (bicyclic) bond motifs is 1. The third-order valence-electron chi connectivity index (χ3n) is 4.86. The van der Waals surface area contributed by atoms with Crippen molar-refractivity contribution in [2.24, 2.45) is 0 Å². The van der Waals surface area contributed by atoms with Gasteiger partial charge in [0.05, 0.1) is 10.9 Å². The van der Waals surface area contributed by atoms with Crippen LogP contribution in [0.1, 0.15) is 30.9 Å².